The highest BCUT2D eigenvalue weighted by atomic mass is 19.1. The van der Waals surface area contributed by atoms with Crippen molar-refractivity contribution in [3.05, 3.63) is 101 Å². The standard InChI is InChI=1S/C28H23F2N3O2/c1-18-17-20(10-11-21(18)22-7-2-5-19-6-4-12-31-26(19)22)27(34)32-13-15-33(16-14-32)28(35)25-23(29)8-3-9-24(25)30/h2-12,17H,13-16H2,1H3. The number of aryl methyl sites for hydroxylation is 1. The number of hydrogen-bond donors (Lipinski definition) is 0. The average molecular weight is 472 g/mol. The van der Waals surface area contributed by atoms with E-state index >= 15 is 0 Å². The second-order valence-corrected chi connectivity index (χ2v) is 8.59. The Bertz CT molecular complexity index is 1420. The third-order valence-electron chi connectivity index (χ3n) is 6.43. The largest absolute Gasteiger partial charge is 0.335 e. The van der Waals surface area contributed by atoms with Gasteiger partial charge in [-0.1, -0.05) is 36.4 Å². The fraction of sp³-hybridized carbons (Fsp3) is 0.179. The molecule has 0 radical (unpaired) electrons. The molecule has 5 nitrogen and oxygen atoms in total. The molecule has 7 heteroatoms. The summed E-state index contributed by atoms with van der Waals surface area (Å²) in [5, 5.41) is 1.05. The normalized spacial score (nSPS) is 13.8. The van der Waals surface area contributed by atoms with Gasteiger partial charge < -0.3 is 9.80 Å². The summed E-state index contributed by atoms with van der Waals surface area (Å²) in [6.07, 6.45) is 1.77. The van der Waals surface area contributed by atoms with Crippen molar-refractivity contribution in [3.8, 4) is 11.1 Å². The minimum Gasteiger partial charge on any atom is -0.335 e. The molecule has 1 aromatic heterocycles. The number of benzene rings is 3. The van der Waals surface area contributed by atoms with Crippen molar-refractivity contribution in [3.63, 3.8) is 0 Å². The Morgan fingerprint density at radius 1 is 0.771 bits per heavy atom. The lowest BCUT2D eigenvalue weighted by Gasteiger charge is -2.35. The van der Waals surface area contributed by atoms with Gasteiger partial charge in [0.25, 0.3) is 11.8 Å². The fourth-order valence-corrected chi connectivity index (χ4v) is 4.58. The number of carbonyl (C=O) groups is 2. The van der Waals surface area contributed by atoms with Crippen LogP contribution in [0.2, 0.25) is 0 Å². The van der Waals surface area contributed by atoms with Crippen LogP contribution >= 0.6 is 0 Å². The number of aromatic nitrogens is 1. The first-order valence-corrected chi connectivity index (χ1v) is 11.4. The van der Waals surface area contributed by atoms with E-state index in [2.05, 4.69) is 4.98 Å². The zero-order valence-corrected chi connectivity index (χ0v) is 19.2. The molecule has 0 spiro atoms. The first-order valence-electron chi connectivity index (χ1n) is 11.4. The molecular weight excluding hydrogens is 448 g/mol. The molecule has 3 aromatic carbocycles. The van der Waals surface area contributed by atoms with Crippen LogP contribution in [0.5, 0.6) is 0 Å². The van der Waals surface area contributed by atoms with Gasteiger partial charge >= 0.3 is 0 Å². The first kappa shape index (κ1) is 22.7. The molecule has 1 aliphatic heterocycles. The Hall–Kier alpha value is -4.13. The van der Waals surface area contributed by atoms with Gasteiger partial charge in [-0.25, -0.2) is 8.78 Å². The minimum absolute atomic E-state index is 0.139. The molecule has 0 N–H and O–H groups in total. The quantitative estimate of drug-likeness (QED) is 0.419. The maximum atomic E-state index is 14.0. The van der Waals surface area contributed by atoms with E-state index in [1.807, 2.05) is 49.4 Å². The van der Waals surface area contributed by atoms with Crippen LogP contribution in [0, 0.1) is 18.6 Å². The topological polar surface area (TPSA) is 53.5 Å². The zero-order valence-electron chi connectivity index (χ0n) is 19.2. The van der Waals surface area contributed by atoms with E-state index in [1.165, 1.54) is 11.0 Å². The summed E-state index contributed by atoms with van der Waals surface area (Å²) in [6, 6.07) is 18.9. The van der Waals surface area contributed by atoms with Crippen LogP contribution in [0.25, 0.3) is 22.0 Å². The predicted molar refractivity (Wildman–Crippen MR) is 130 cm³/mol. The average Bonchev–Trinajstić information content (AvgIpc) is 2.88. The fourth-order valence-electron chi connectivity index (χ4n) is 4.58. The van der Waals surface area contributed by atoms with Crippen molar-refractivity contribution in [1.29, 1.82) is 0 Å². The van der Waals surface area contributed by atoms with Gasteiger partial charge in [-0.15, -0.1) is 0 Å². The van der Waals surface area contributed by atoms with Crippen LogP contribution in [0.1, 0.15) is 26.3 Å². The number of nitrogens with zero attached hydrogens (tertiary/aromatic N) is 3. The lowest BCUT2D eigenvalue weighted by atomic mass is 9.96. The Morgan fingerprint density at radius 2 is 1.40 bits per heavy atom. The summed E-state index contributed by atoms with van der Waals surface area (Å²) in [5.74, 6) is -2.60. The van der Waals surface area contributed by atoms with Crippen LogP contribution in [-0.4, -0.2) is 52.8 Å². The minimum atomic E-state index is -0.884. The molecule has 1 fully saturated rings. The molecule has 5 rings (SSSR count). The van der Waals surface area contributed by atoms with E-state index in [1.54, 1.807) is 17.2 Å². The summed E-state index contributed by atoms with van der Waals surface area (Å²) in [6.45, 7) is 2.95. The van der Waals surface area contributed by atoms with Crippen LogP contribution in [0.15, 0.2) is 72.9 Å². The number of fused-ring (bicyclic) bond motifs is 1. The highest BCUT2D eigenvalue weighted by Gasteiger charge is 2.28. The highest BCUT2D eigenvalue weighted by molar-refractivity contribution is 5.98. The Balaban J connectivity index is 1.31. The Kier molecular flexibility index (Phi) is 5.99. The number of para-hydroxylation sites is 1. The summed E-state index contributed by atoms with van der Waals surface area (Å²) in [5.41, 5.74) is 3.88. The molecule has 2 amide bonds. The summed E-state index contributed by atoms with van der Waals surface area (Å²) < 4.78 is 28.0. The summed E-state index contributed by atoms with van der Waals surface area (Å²) >= 11 is 0. The summed E-state index contributed by atoms with van der Waals surface area (Å²) in [4.78, 5) is 33.4. The SMILES string of the molecule is Cc1cc(C(=O)N2CCN(C(=O)c3c(F)cccc3F)CC2)ccc1-c1cccc2cccnc12. The third kappa shape index (κ3) is 4.25. The van der Waals surface area contributed by atoms with Gasteiger partial charge in [0.1, 0.15) is 17.2 Å². The maximum absolute atomic E-state index is 14.0. The van der Waals surface area contributed by atoms with Crippen molar-refractivity contribution in [2.75, 3.05) is 26.2 Å². The zero-order chi connectivity index (χ0) is 24.5. The van der Waals surface area contributed by atoms with Gasteiger partial charge in [-0.2, -0.15) is 0 Å². The van der Waals surface area contributed by atoms with Crippen LogP contribution in [-0.2, 0) is 0 Å². The van der Waals surface area contributed by atoms with Gasteiger partial charge in [0.05, 0.1) is 5.52 Å². The van der Waals surface area contributed by atoms with Crippen molar-refractivity contribution >= 4 is 22.7 Å². The van der Waals surface area contributed by atoms with Gasteiger partial charge in [0.15, 0.2) is 0 Å². The number of hydrogen-bond acceptors (Lipinski definition) is 3. The van der Waals surface area contributed by atoms with E-state index in [9.17, 15) is 18.4 Å². The molecule has 176 valence electrons. The Morgan fingerprint density at radius 3 is 2.09 bits per heavy atom. The van der Waals surface area contributed by atoms with E-state index in [4.69, 9.17) is 0 Å². The molecule has 4 aromatic rings. The van der Waals surface area contributed by atoms with Gasteiger partial charge in [-0.05, 0) is 48.4 Å². The highest BCUT2D eigenvalue weighted by Crippen LogP contribution is 2.30. The predicted octanol–water partition coefficient (Wildman–Crippen LogP) is 5.09. The molecular formula is C28H23F2N3O2. The molecule has 35 heavy (non-hydrogen) atoms. The summed E-state index contributed by atoms with van der Waals surface area (Å²) in [7, 11) is 0. The molecule has 0 saturated carbocycles. The van der Waals surface area contributed by atoms with Crippen molar-refractivity contribution < 1.29 is 18.4 Å². The van der Waals surface area contributed by atoms with E-state index < -0.39 is 23.1 Å². The lowest BCUT2D eigenvalue weighted by molar-refractivity contribution is 0.0530. The van der Waals surface area contributed by atoms with Crippen molar-refractivity contribution in [2.45, 2.75) is 6.92 Å². The van der Waals surface area contributed by atoms with Crippen LogP contribution in [0.3, 0.4) is 0 Å². The van der Waals surface area contributed by atoms with Crippen molar-refractivity contribution in [2.24, 2.45) is 0 Å². The van der Waals surface area contributed by atoms with Gasteiger partial charge in [0, 0.05) is 48.9 Å². The van der Waals surface area contributed by atoms with Crippen LogP contribution < -0.4 is 0 Å². The number of piperazine rings is 1. The molecule has 0 atom stereocenters. The molecule has 0 unspecified atom stereocenters. The number of carbonyl (C=O) groups excluding carboxylic acids is 2. The Labute approximate surface area is 201 Å². The van der Waals surface area contributed by atoms with Gasteiger partial charge in [0.2, 0.25) is 0 Å². The second kappa shape index (κ2) is 9.25. The number of halogens is 2. The molecule has 1 saturated heterocycles. The molecule has 0 bridgehead atoms. The second-order valence-electron chi connectivity index (χ2n) is 8.59. The molecule has 0 aliphatic carbocycles. The van der Waals surface area contributed by atoms with E-state index in [-0.39, 0.29) is 32.1 Å². The monoisotopic (exact) mass is 471 g/mol. The number of amides is 2. The van der Waals surface area contributed by atoms with E-state index in [0.29, 0.717) is 5.56 Å². The van der Waals surface area contributed by atoms with Crippen molar-refractivity contribution in [1.82, 2.24) is 14.8 Å². The number of pyridine rings is 1. The van der Waals surface area contributed by atoms with Crippen LogP contribution in [0.4, 0.5) is 8.78 Å². The van der Waals surface area contributed by atoms with Gasteiger partial charge in [-0.3, -0.25) is 14.6 Å². The first-order chi connectivity index (χ1) is 16.9. The molecule has 2 heterocycles. The van der Waals surface area contributed by atoms with E-state index in [0.717, 1.165) is 39.7 Å². The molecule has 1 aliphatic rings. The third-order valence-corrected chi connectivity index (χ3v) is 6.43. The smallest absolute Gasteiger partial charge is 0.259 e. The number of rotatable bonds is 3. The lowest BCUT2D eigenvalue weighted by Crippen LogP contribution is -2.50. The maximum Gasteiger partial charge on any atom is 0.259 e.